The highest BCUT2D eigenvalue weighted by Gasteiger charge is 2.26. The molecule has 3 aromatic rings. The summed E-state index contributed by atoms with van der Waals surface area (Å²) in [7, 11) is -2.24. The lowest BCUT2D eigenvalue weighted by Gasteiger charge is -2.20. The van der Waals surface area contributed by atoms with Crippen molar-refractivity contribution in [1.29, 1.82) is 0 Å². The van der Waals surface area contributed by atoms with E-state index < -0.39 is 51.5 Å². The number of ether oxygens (including phenoxy) is 2. The molecular formula is C30H37ClN2O8S. The van der Waals surface area contributed by atoms with Crippen LogP contribution >= 0.6 is 11.6 Å². The lowest BCUT2D eigenvalue weighted by Crippen LogP contribution is -2.29. The van der Waals surface area contributed by atoms with Gasteiger partial charge in [0.05, 0.1) is 52.6 Å². The number of aliphatic hydroxyl groups excluding tert-OH is 1. The predicted molar refractivity (Wildman–Crippen MR) is 159 cm³/mol. The average Bonchev–Trinajstić information content (AvgIpc) is 3.24. The minimum atomic E-state index is -4.02. The number of halogens is 1. The molecule has 2 atom stereocenters. The van der Waals surface area contributed by atoms with Gasteiger partial charge in [0.25, 0.3) is 5.91 Å². The second-order valence-corrected chi connectivity index (χ2v) is 13.8. The Labute approximate surface area is 250 Å². The largest absolute Gasteiger partial charge is 0.465 e. The number of carbonyl (C=O) groups is 3. The number of rotatable bonds is 11. The van der Waals surface area contributed by atoms with E-state index >= 15 is 0 Å². The molecule has 0 saturated heterocycles. The molecule has 2 aromatic carbocycles. The van der Waals surface area contributed by atoms with Crippen molar-refractivity contribution in [3.63, 3.8) is 0 Å². The quantitative estimate of drug-likeness (QED) is 0.305. The SMILES string of the molecule is Cc1cc(Cl)c2cc(C(=O)NC(C)c3ccc(S(=O)(=O)CC(=O)OCC(CO)COC(=O)C(C)(C)C)cc3)n(C)c2c1. The number of aromatic nitrogens is 1. The van der Waals surface area contributed by atoms with Crippen LogP contribution in [0.5, 0.6) is 0 Å². The van der Waals surface area contributed by atoms with Gasteiger partial charge in [-0.05, 0) is 76.1 Å². The van der Waals surface area contributed by atoms with Crippen molar-refractivity contribution in [2.45, 2.75) is 45.6 Å². The van der Waals surface area contributed by atoms with Gasteiger partial charge in [0.2, 0.25) is 0 Å². The van der Waals surface area contributed by atoms with E-state index in [1.165, 1.54) is 12.1 Å². The monoisotopic (exact) mass is 620 g/mol. The molecule has 1 aromatic heterocycles. The summed E-state index contributed by atoms with van der Waals surface area (Å²) in [5.41, 5.74) is 2.17. The third-order valence-electron chi connectivity index (χ3n) is 6.68. The number of nitrogens with zero attached hydrogens (tertiary/aromatic N) is 1. The average molecular weight is 621 g/mol. The summed E-state index contributed by atoms with van der Waals surface area (Å²) in [6.07, 6.45) is 0. The minimum absolute atomic E-state index is 0.0850. The van der Waals surface area contributed by atoms with Gasteiger partial charge < -0.3 is 24.5 Å². The van der Waals surface area contributed by atoms with Crippen LogP contribution in [0.4, 0.5) is 0 Å². The van der Waals surface area contributed by atoms with Crippen molar-refractivity contribution in [2.24, 2.45) is 18.4 Å². The molecule has 2 unspecified atom stereocenters. The first kappa shape index (κ1) is 33.1. The zero-order valence-electron chi connectivity index (χ0n) is 24.6. The van der Waals surface area contributed by atoms with E-state index in [-0.39, 0.29) is 24.0 Å². The minimum Gasteiger partial charge on any atom is -0.465 e. The number of nitrogens with one attached hydrogen (secondary N) is 1. The second kappa shape index (κ2) is 13.3. The summed E-state index contributed by atoms with van der Waals surface area (Å²) in [5.74, 6) is -3.37. The van der Waals surface area contributed by atoms with E-state index in [1.54, 1.807) is 57.5 Å². The third kappa shape index (κ3) is 8.11. The van der Waals surface area contributed by atoms with Crippen molar-refractivity contribution in [3.8, 4) is 0 Å². The van der Waals surface area contributed by atoms with Crippen LogP contribution < -0.4 is 5.32 Å². The number of hydrogen-bond donors (Lipinski definition) is 2. The summed E-state index contributed by atoms with van der Waals surface area (Å²) in [6.45, 7) is 7.85. The standard InChI is InChI=1S/C30H37ClN2O8S/c1-18-11-24(31)23-13-26(33(6)25(23)12-18)28(36)32-19(2)21-7-9-22(10-8-21)42(38,39)17-27(35)40-15-20(14-34)16-41-29(37)30(3,4)5/h7-13,19-20,34H,14-17H2,1-6H3,(H,32,36). The highest BCUT2D eigenvalue weighted by Crippen LogP contribution is 2.28. The molecule has 1 amide bonds. The number of benzene rings is 2. The summed E-state index contributed by atoms with van der Waals surface area (Å²) in [6, 6.07) is 10.9. The molecule has 0 aliphatic heterocycles. The van der Waals surface area contributed by atoms with Crippen LogP contribution in [0.1, 0.15) is 55.4 Å². The first-order valence-corrected chi connectivity index (χ1v) is 15.4. The Balaban J connectivity index is 1.59. The predicted octanol–water partition coefficient (Wildman–Crippen LogP) is 4.15. The normalized spacial score (nSPS) is 13.4. The Morgan fingerprint density at radius 1 is 1.05 bits per heavy atom. The number of aryl methyl sites for hydroxylation is 2. The smallest absolute Gasteiger partial charge is 0.321 e. The second-order valence-electron chi connectivity index (χ2n) is 11.4. The van der Waals surface area contributed by atoms with Crippen LogP contribution in [0, 0.1) is 18.3 Å². The summed E-state index contributed by atoms with van der Waals surface area (Å²) in [4.78, 5) is 37.1. The maximum Gasteiger partial charge on any atom is 0.321 e. The van der Waals surface area contributed by atoms with Crippen LogP contribution in [-0.2, 0) is 35.9 Å². The number of fused-ring (bicyclic) bond motifs is 1. The molecule has 0 saturated carbocycles. The molecular weight excluding hydrogens is 584 g/mol. The van der Waals surface area contributed by atoms with Crippen LogP contribution in [0.2, 0.25) is 5.02 Å². The third-order valence-corrected chi connectivity index (χ3v) is 8.60. The van der Waals surface area contributed by atoms with Crippen LogP contribution in [0.3, 0.4) is 0 Å². The highest BCUT2D eigenvalue weighted by molar-refractivity contribution is 7.92. The molecule has 0 aliphatic carbocycles. The Kier molecular flexibility index (Phi) is 10.5. The number of sulfone groups is 1. The molecule has 0 spiro atoms. The summed E-state index contributed by atoms with van der Waals surface area (Å²) in [5, 5.41) is 13.7. The van der Waals surface area contributed by atoms with E-state index in [9.17, 15) is 27.9 Å². The Morgan fingerprint density at radius 3 is 2.26 bits per heavy atom. The van der Waals surface area contributed by atoms with Crippen molar-refractivity contribution < 1.29 is 37.4 Å². The van der Waals surface area contributed by atoms with E-state index in [4.69, 9.17) is 21.1 Å². The molecule has 0 aliphatic rings. The Hall–Kier alpha value is -3.41. The molecule has 0 radical (unpaired) electrons. The summed E-state index contributed by atoms with van der Waals surface area (Å²) >= 11 is 6.36. The summed E-state index contributed by atoms with van der Waals surface area (Å²) < 4.78 is 37.5. The first-order valence-electron chi connectivity index (χ1n) is 13.4. The molecule has 12 heteroatoms. The maximum atomic E-state index is 13.0. The van der Waals surface area contributed by atoms with Crippen molar-refractivity contribution in [1.82, 2.24) is 9.88 Å². The van der Waals surface area contributed by atoms with Gasteiger partial charge in [0.1, 0.15) is 5.69 Å². The van der Waals surface area contributed by atoms with Crippen molar-refractivity contribution in [2.75, 3.05) is 25.6 Å². The van der Waals surface area contributed by atoms with E-state index in [2.05, 4.69) is 5.32 Å². The Morgan fingerprint density at radius 2 is 1.67 bits per heavy atom. The molecule has 2 N–H and O–H groups in total. The fourth-order valence-electron chi connectivity index (χ4n) is 4.11. The fourth-order valence-corrected chi connectivity index (χ4v) is 5.54. The van der Waals surface area contributed by atoms with Gasteiger partial charge in [-0.1, -0.05) is 23.7 Å². The lowest BCUT2D eigenvalue weighted by atomic mass is 9.97. The number of hydrogen-bond acceptors (Lipinski definition) is 8. The van der Waals surface area contributed by atoms with E-state index in [0.29, 0.717) is 16.3 Å². The maximum absolute atomic E-state index is 13.0. The van der Waals surface area contributed by atoms with Gasteiger partial charge >= 0.3 is 11.9 Å². The zero-order valence-corrected chi connectivity index (χ0v) is 26.1. The molecule has 228 valence electrons. The van der Waals surface area contributed by atoms with Crippen molar-refractivity contribution in [3.05, 3.63) is 64.3 Å². The molecule has 1 heterocycles. The molecule has 42 heavy (non-hydrogen) atoms. The van der Waals surface area contributed by atoms with Gasteiger partial charge in [-0.3, -0.25) is 14.4 Å². The van der Waals surface area contributed by atoms with Crippen LogP contribution in [-0.4, -0.2) is 61.5 Å². The number of aliphatic hydroxyl groups is 1. The van der Waals surface area contributed by atoms with Gasteiger partial charge in [-0.2, -0.15) is 0 Å². The van der Waals surface area contributed by atoms with Gasteiger partial charge in [-0.15, -0.1) is 0 Å². The van der Waals surface area contributed by atoms with Crippen LogP contribution in [0.25, 0.3) is 10.9 Å². The number of amides is 1. The molecule has 3 rings (SSSR count). The Bertz CT molecular complexity index is 1570. The molecule has 0 fully saturated rings. The van der Waals surface area contributed by atoms with Gasteiger partial charge in [0.15, 0.2) is 15.6 Å². The van der Waals surface area contributed by atoms with Crippen LogP contribution in [0.15, 0.2) is 47.4 Å². The fraction of sp³-hybridized carbons (Fsp3) is 0.433. The number of esters is 2. The van der Waals surface area contributed by atoms with E-state index in [1.807, 2.05) is 19.1 Å². The molecule has 0 bridgehead atoms. The molecule has 10 nitrogen and oxygen atoms in total. The topological polar surface area (TPSA) is 141 Å². The first-order chi connectivity index (χ1) is 19.5. The highest BCUT2D eigenvalue weighted by atomic mass is 35.5. The lowest BCUT2D eigenvalue weighted by molar-refractivity contribution is -0.156. The van der Waals surface area contributed by atoms with E-state index in [0.717, 1.165) is 16.5 Å². The van der Waals surface area contributed by atoms with Crippen molar-refractivity contribution >= 4 is 50.2 Å². The van der Waals surface area contributed by atoms with Gasteiger partial charge in [-0.25, -0.2) is 8.42 Å². The zero-order chi connectivity index (χ0) is 31.4. The van der Waals surface area contributed by atoms with Gasteiger partial charge in [0, 0.05) is 12.4 Å². The number of carbonyl (C=O) groups excluding carboxylic acids is 3.